The van der Waals surface area contributed by atoms with Gasteiger partial charge in [0, 0.05) is 19.1 Å². The van der Waals surface area contributed by atoms with E-state index in [0.717, 1.165) is 17.7 Å². The van der Waals surface area contributed by atoms with Gasteiger partial charge >= 0.3 is 0 Å². The molecule has 0 saturated carbocycles. The van der Waals surface area contributed by atoms with Gasteiger partial charge in [0.1, 0.15) is 0 Å². The SMILES string of the molecule is Br.CCN(C(=O)C(c1ccccc1)c1ccccc1)C(CN(C)C(C)C)c1ccccc1. The molecule has 1 atom stereocenters. The van der Waals surface area contributed by atoms with Crippen molar-refractivity contribution in [3.05, 3.63) is 108 Å². The lowest BCUT2D eigenvalue weighted by atomic mass is 9.89. The van der Waals surface area contributed by atoms with E-state index in [1.165, 1.54) is 5.56 Å². The molecule has 0 aliphatic carbocycles. The first-order valence-electron chi connectivity index (χ1n) is 11.2. The maximum absolute atomic E-state index is 14.1. The molecule has 0 aliphatic heterocycles. The minimum Gasteiger partial charge on any atom is -0.334 e. The molecule has 3 aromatic rings. The van der Waals surface area contributed by atoms with E-state index < -0.39 is 0 Å². The molecule has 4 heteroatoms. The Balaban J connectivity index is 0.00000363. The summed E-state index contributed by atoms with van der Waals surface area (Å²) in [6, 6.07) is 31.1. The zero-order valence-corrected chi connectivity index (χ0v) is 21.2. The number of rotatable bonds is 9. The molecule has 0 aromatic heterocycles. The normalized spacial score (nSPS) is 12.0. The lowest BCUT2D eigenvalue weighted by molar-refractivity contribution is -0.134. The maximum Gasteiger partial charge on any atom is 0.235 e. The summed E-state index contributed by atoms with van der Waals surface area (Å²) in [5, 5.41) is 0. The maximum atomic E-state index is 14.1. The zero-order valence-electron chi connectivity index (χ0n) is 19.5. The monoisotopic (exact) mass is 494 g/mol. The Bertz CT molecular complexity index is 892. The molecule has 32 heavy (non-hydrogen) atoms. The number of nitrogens with zero attached hydrogens (tertiary/aromatic N) is 2. The molecule has 1 amide bonds. The van der Waals surface area contributed by atoms with Crippen molar-refractivity contribution in [1.82, 2.24) is 9.80 Å². The molecule has 0 fully saturated rings. The zero-order chi connectivity index (χ0) is 22.2. The van der Waals surface area contributed by atoms with Crippen molar-refractivity contribution in [3.8, 4) is 0 Å². The van der Waals surface area contributed by atoms with Crippen molar-refractivity contribution in [2.75, 3.05) is 20.1 Å². The molecule has 0 heterocycles. The average molecular weight is 496 g/mol. The van der Waals surface area contributed by atoms with E-state index in [9.17, 15) is 4.79 Å². The Labute approximate surface area is 203 Å². The Kier molecular flexibility index (Phi) is 10.1. The Morgan fingerprint density at radius 1 is 0.750 bits per heavy atom. The Morgan fingerprint density at radius 3 is 1.53 bits per heavy atom. The van der Waals surface area contributed by atoms with Crippen LogP contribution in [0.4, 0.5) is 0 Å². The van der Waals surface area contributed by atoms with Gasteiger partial charge in [-0.05, 0) is 44.5 Å². The van der Waals surface area contributed by atoms with Crippen molar-refractivity contribution in [1.29, 1.82) is 0 Å². The van der Waals surface area contributed by atoms with Crippen molar-refractivity contribution in [2.45, 2.75) is 38.8 Å². The van der Waals surface area contributed by atoms with Crippen molar-refractivity contribution in [3.63, 3.8) is 0 Å². The molecule has 170 valence electrons. The van der Waals surface area contributed by atoms with Crippen LogP contribution in [0.3, 0.4) is 0 Å². The van der Waals surface area contributed by atoms with Crippen LogP contribution in [0.15, 0.2) is 91.0 Å². The van der Waals surface area contributed by atoms with Crippen LogP contribution < -0.4 is 0 Å². The van der Waals surface area contributed by atoms with Crippen LogP contribution in [0.5, 0.6) is 0 Å². The first kappa shape index (κ1) is 25.8. The summed E-state index contributed by atoms with van der Waals surface area (Å²) < 4.78 is 0. The summed E-state index contributed by atoms with van der Waals surface area (Å²) in [5.41, 5.74) is 3.23. The lowest BCUT2D eigenvalue weighted by Gasteiger charge is -2.37. The molecular weight excluding hydrogens is 460 g/mol. The van der Waals surface area contributed by atoms with Gasteiger partial charge in [0.25, 0.3) is 0 Å². The molecule has 0 radical (unpaired) electrons. The van der Waals surface area contributed by atoms with Crippen molar-refractivity contribution >= 4 is 22.9 Å². The summed E-state index contributed by atoms with van der Waals surface area (Å²) in [4.78, 5) is 18.5. The number of carbonyl (C=O) groups is 1. The van der Waals surface area contributed by atoms with Crippen LogP contribution in [0.25, 0.3) is 0 Å². The third kappa shape index (κ3) is 6.30. The van der Waals surface area contributed by atoms with Gasteiger partial charge < -0.3 is 9.80 Å². The van der Waals surface area contributed by atoms with Crippen LogP contribution >= 0.6 is 17.0 Å². The Hall–Kier alpha value is -2.43. The summed E-state index contributed by atoms with van der Waals surface area (Å²) in [7, 11) is 2.13. The highest BCUT2D eigenvalue weighted by Crippen LogP contribution is 2.31. The van der Waals surface area contributed by atoms with Crippen LogP contribution in [0, 0.1) is 0 Å². The first-order valence-corrected chi connectivity index (χ1v) is 11.2. The third-order valence-corrected chi connectivity index (χ3v) is 6.04. The second-order valence-corrected chi connectivity index (χ2v) is 8.34. The summed E-state index contributed by atoms with van der Waals surface area (Å²) in [5.74, 6) is -0.177. The minimum absolute atomic E-state index is 0. The fraction of sp³-hybridized carbons (Fsp3) is 0.321. The Morgan fingerprint density at radius 2 is 1.16 bits per heavy atom. The van der Waals surface area contributed by atoms with E-state index in [4.69, 9.17) is 0 Å². The van der Waals surface area contributed by atoms with Gasteiger partial charge in [0.2, 0.25) is 5.91 Å². The molecule has 3 rings (SSSR count). The second kappa shape index (κ2) is 12.6. The van der Waals surface area contributed by atoms with Crippen LogP contribution in [0.2, 0.25) is 0 Å². The lowest BCUT2D eigenvalue weighted by Crippen LogP contribution is -2.44. The van der Waals surface area contributed by atoms with E-state index in [-0.39, 0.29) is 34.8 Å². The first-order chi connectivity index (χ1) is 15.0. The number of amides is 1. The fourth-order valence-corrected chi connectivity index (χ4v) is 4.01. The molecule has 0 aliphatic rings. The highest BCUT2D eigenvalue weighted by molar-refractivity contribution is 8.93. The molecular formula is C28H35BrN2O. The largest absolute Gasteiger partial charge is 0.334 e. The highest BCUT2D eigenvalue weighted by Gasteiger charge is 2.32. The van der Waals surface area contributed by atoms with Gasteiger partial charge in [0.15, 0.2) is 0 Å². The average Bonchev–Trinajstić information content (AvgIpc) is 2.81. The number of likely N-dealkylation sites (N-methyl/N-ethyl adjacent to an activating group) is 2. The van der Waals surface area contributed by atoms with E-state index in [2.05, 4.69) is 86.1 Å². The fourth-order valence-electron chi connectivity index (χ4n) is 4.01. The van der Waals surface area contributed by atoms with Gasteiger partial charge in [-0.25, -0.2) is 0 Å². The number of hydrogen-bond donors (Lipinski definition) is 0. The van der Waals surface area contributed by atoms with Crippen LogP contribution in [-0.2, 0) is 4.79 Å². The highest BCUT2D eigenvalue weighted by atomic mass is 79.9. The molecule has 3 nitrogen and oxygen atoms in total. The standard InChI is InChI=1S/C28H34N2O.BrH/c1-5-30(26(21-29(4)22(2)3)23-15-9-6-10-16-23)28(31)27(24-17-11-7-12-18-24)25-19-13-8-14-20-25;/h6-20,22,26-27H,5,21H2,1-4H3;1H. The van der Waals surface area contributed by atoms with Gasteiger partial charge in [-0.1, -0.05) is 91.0 Å². The van der Waals surface area contributed by atoms with E-state index in [1.54, 1.807) is 0 Å². The predicted octanol–water partition coefficient (Wildman–Crippen LogP) is 6.33. The summed E-state index contributed by atoms with van der Waals surface area (Å²) in [6.45, 7) is 7.90. The van der Waals surface area contributed by atoms with Gasteiger partial charge in [-0.3, -0.25) is 4.79 Å². The van der Waals surface area contributed by atoms with Gasteiger partial charge in [0.05, 0.1) is 12.0 Å². The third-order valence-electron chi connectivity index (χ3n) is 6.04. The minimum atomic E-state index is -0.321. The van der Waals surface area contributed by atoms with Crippen molar-refractivity contribution < 1.29 is 4.79 Å². The molecule has 3 aromatic carbocycles. The van der Waals surface area contributed by atoms with E-state index in [1.807, 2.05) is 42.5 Å². The summed E-state index contributed by atoms with van der Waals surface area (Å²) >= 11 is 0. The summed E-state index contributed by atoms with van der Waals surface area (Å²) in [6.07, 6.45) is 0. The van der Waals surface area contributed by atoms with Crippen molar-refractivity contribution in [2.24, 2.45) is 0 Å². The topological polar surface area (TPSA) is 23.6 Å². The molecule has 0 spiro atoms. The van der Waals surface area contributed by atoms with Crippen LogP contribution in [-0.4, -0.2) is 41.9 Å². The smallest absolute Gasteiger partial charge is 0.235 e. The number of carbonyl (C=O) groups excluding carboxylic acids is 1. The van der Waals surface area contributed by atoms with Crippen LogP contribution in [0.1, 0.15) is 49.4 Å². The number of halogens is 1. The van der Waals surface area contributed by atoms with Gasteiger partial charge in [-0.2, -0.15) is 0 Å². The predicted molar refractivity (Wildman–Crippen MR) is 139 cm³/mol. The quantitative estimate of drug-likeness (QED) is 0.347. The molecule has 1 unspecified atom stereocenters. The molecule has 0 N–H and O–H groups in total. The van der Waals surface area contributed by atoms with E-state index >= 15 is 0 Å². The second-order valence-electron chi connectivity index (χ2n) is 8.34. The van der Waals surface area contributed by atoms with Gasteiger partial charge in [-0.15, -0.1) is 17.0 Å². The number of benzene rings is 3. The molecule has 0 saturated heterocycles. The number of hydrogen-bond acceptors (Lipinski definition) is 2. The van der Waals surface area contributed by atoms with E-state index in [0.29, 0.717) is 12.6 Å². The molecule has 0 bridgehead atoms.